The Morgan fingerprint density at radius 1 is 1.31 bits per heavy atom. The number of nitriles is 1. The van der Waals surface area contributed by atoms with Crippen molar-refractivity contribution in [2.75, 3.05) is 11.9 Å². The fraction of sp³-hybridized carbons (Fsp3) is 0.476. The predicted octanol–water partition coefficient (Wildman–Crippen LogP) is 4.74. The molecule has 26 heavy (non-hydrogen) atoms. The Balaban J connectivity index is 1.52. The summed E-state index contributed by atoms with van der Waals surface area (Å²) >= 11 is 0. The van der Waals surface area contributed by atoms with Gasteiger partial charge in [0.15, 0.2) is 5.83 Å². The molecule has 2 aliphatic carbocycles. The van der Waals surface area contributed by atoms with Crippen molar-refractivity contribution in [2.24, 2.45) is 17.8 Å². The highest BCUT2D eigenvalue weighted by Gasteiger charge is 2.52. The molecular formula is C21H20F2N2O. The lowest BCUT2D eigenvalue weighted by Crippen LogP contribution is -2.52. The molecule has 5 atom stereocenters. The van der Waals surface area contributed by atoms with E-state index < -0.39 is 11.7 Å². The maximum absolute atomic E-state index is 14.2. The van der Waals surface area contributed by atoms with E-state index >= 15 is 0 Å². The number of ether oxygens (including phenoxy) is 1. The molecule has 1 aromatic carbocycles. The van der Waals surface area contributed by atoms with E-state index in [1.54, 1.807) is 0 Å². The highest BCUT2D eigenvalue weighted by molar-refractivity contribution is 5.59. The lowest BCUT2D eigenvalue weighted by molar-refractivity contribution is -0.0483. The molecule has 2 aliphatic heterocycles. The van der Waals surface area contributed by atoms with Crippen molar-refractivity contribution in [3.05, 3.63) is 52.6 Å². The highest BCUT2D eigenvalue weighted by Crippen LogP contribution is 2.57. The second-order valence-electron chi connectivity index (χ2n) is 7.78. The molecule has 0 amide bonds. The Bertz CT molecular complexity index is 869. The lowest BCUT2D eigenvalue weighted by atomic mass is 9.58. The van der Waals surface area contributed by atoms with Gasteiger partial charge >= 0.3 is 0 Å². The fourth-order valence-electron chi connectivity index (χ4n) is 5.22. The molecular weight excluding hydrogens is 334 g/mol. The molecule has 3 nitrogen and oxygen atoms in total. The van der Waals surface area contributed by atoms with E-state index in [-0.39, 0.29) is 29.9 Å². The van der Waals surface area contributed by atoms with Gasteiger partial charge in [0.25, 0.3) is 0 Å². The van der Waals surface area contributed by atoms with Gasteiger partial charge in [0.1, 0.15) is 5.83 Å². The van der Waals surface area contributed by atoms with Crippen molar-refractivity contribution < 1.29 is 13.5 Å². The number of hydrogen-bond acceptors (Lipinski definition) is 3. The normalized spacial score (nSPS) is 34.7. The van der Waals surface area contributed by atoms with Crippen LogP contribution in [0.15, 0.2) is 41.5 Å². The monoisotopic (exact) mass is 354 g/mol. The number of benzene rings is 1. The van der Waals surface area contributed by atoms with E-state index in [0.29, 0.717) is 12.8 Å². The molecule has 5 rings (SSSR count). The molecule has 5 heteroatoms. The van der Waals surface area contributed by atoms with Crippen LogP contribution in [0.5, 0.6) is 0 Å². The summed E-state index contributed by atoms with van der Waals surface area (Å²) in [6, 6.07) is 8.26. The van der Waals surface area contributed by atoms with Crippen LogP contribution in [-0.2, 0) is 11.2 Å². The molecule has 0 spiro atoms. The number of fused-ring (bicyclic) bond motifs is 5. The zero-order valence-corrected chi connectivity index (χ0v) is 14.3. The van der Waals surface area contributed by atoms with Gasteiger partial charge in [0.2, 0.25) is 0 Å². The van der Waals surface area contributed by atoms with Gasteiger partial charge in [-0.2, -0.15) is 5.26 Å². The van der Waals surface area contributed by atoms with Gasteiger partial charge in [-0.3, -0.25) is 0 Å². The van der Waals surface area contributed by atoms with Crippen molar-refractivity contribution >= 4 is 5.69 Å². The van der Waals surface area contributed by atoms with Gasteiger partial charge in [0, 0.05) is 41.7 Å². The Morgan fingerprint density at radius 3 is 3.00 bits per heavy atom. The van der Waals surface area contributed by atoms with E-state index in [2.05, 4.69) is 17.5 Å². The van der Waals surface area contributed by atoms with Gasteiger partial charge in [0.05, 0.1) is 18.6 Å². The van der Waals surface area contributed by atoms with Gasteiger partial charge in [-0.05, 0) is 37.0 Å². The molecule has 1 saturated heterocycles. The van der Waals surface area contributed by atoms with Crippen molar-refractivity contribution in [1.29, 1.82) is 5.26 Å². The third-order valence-electron chi connectivity index (χ3n) is 6.43. The Labute approximate surface area is 151 Å². The summed E-state index contributed by atoms with van der Waals surface area (Å²) in [4.78, 5) is 0. The SMILES string of the molecule is N#CCc1ccc2c(c1)C1OCCCC1C(C1C3=CC(F)=C(F)C1C3)N2. The molecule has 4 aliphatic rings. The average molecular weight is 354 g/mol. The number of allylic oxidation sites excluding steroid dienone is 3. The third-order valence-corrected chi connectivity index (χ3v) is 6.43. The van der Waals surface area contributed by atoms with Gasteiger partial charge < -0.3 is 10.1 Å². The third kappa shape index (κ3) is 2.25. The van der Waals surface area contributed by atoms with Crippen molar-refractivity contribution in [2.45, 2.75) is 37.8 Å². The quantitative estimate of drug-likeness (QED) is 0.834. The van der Waals surface area contributed by atoms with Crippen LogP contribution in [0.1, 0.15) is 36.5 Å². The summed E-state index contributed by atoms with van der Waals surface area (Å²) in [6.07, 6.45) is 4.35. The van der Waals surface area contributed by atoms with Gasteiger partial charge in [-0.15, -0.1) is 0 Å². The minimum atomic E-state index is -0.693. The summed E-state index contributed by atoms with van der Waals surface area (Å²) in [5.41, 5.74) is 4.09. The summed E-state index contributed by atoms with van der Waals surface area (Å²) < 4.78 is 34.0. The standard InChI is InChI=1S/C21H20F2N2O/c22-16-10-12-9-15(19(16)23)18(12)20-13-2-1-7-26-21(13)14-8-11(5-6-24)3-4-17(14)25-20/h3-4,8,10,13,15,18,20-21,25H,1-2,5,7,9H2. The van der Waals surface area contributed by atoms with E-state index in [0.717, 1.165) is 41.8 Å². The summed E-state index contributed by atoms with van der Waals surface area (Å²) in [7, 11) is 0. The zero-order chi connectivity index (χ0) is 17.8. The van der Waals surface area contributed by atoms with Gasteiger partial charge in [-0.25, -0.2) is 8.78 Å². The number of anilines is 1. The molecule has 2 heterocycles. The van der Waals surface area contributed by atoms with E-state index in [1.807, 2.05) is 12.1 Å². The first kappa shape index (κ1) is 16.0. The van der Waals surface area contributed by atoms with E-state index in [9.17, 15) is 8.78 Å². The first-order valence-corrected chi connectivity index (χ1v) is 9.31. The number of hydrogen-bond donors (Lipinski definition) is 1. The van der Waals surface area contributed by atoms with Crippen LogP contribution in [0, 0.1) is 29.1 Å². The molecule has 134 valence electrons. The van der Waals surface area contributed by atoms with Gasteiger partial charge in [-0.1, -0.05) is 17.7 Å². The van der Waals surface area contributed by atoms with Crippen LogP contribution in [0.4, 0.5) is 14.5 Å². The van der Waals surface area contributed by atoms with E-state index in [1.165, 1.54) is 6.08 Å². The largest absolute Gasteiger partial charge is 0.381 e. The van der Waals surface area contributed by atoms with E-state index in [4.69, 9.17) is 10.00 Å². The lowest BCUT2D eigenvalue weighted by Gasteiger charge is -2.53. The molecule has 2 fully saturated rings. The maximum Gasteiger partial charge on any atom is 0.154 e. The minimum Gasteiger partial charge on any atom is -0.381 e. The summed E-state index contributed by atoms with van der Waals surface area (Å²) in [5, 5.41) is 12.6. The van der Waals surface area contributed by atoms with Crippen LogP contribution >= 0.6 is 0 Å². The van der Waals surface area contributed by atoms with Crippen LogP contribution in [0.25, 0.3) is 0 Å². The number of nitrogens with one attached hydrogen (secondary N) is 1. The second-order valence-corrected chi connectivity index (χ2v) is 7.78. The van der Waals surface area contributed by atoms with Crippen molar-refractivity contribution in [3.63, 3.8) is 0 Å². The van der Waals surface area contributed by atoms with Crippen LogP contribution in [0.3, 0.4) is 0 Å². The first-order chi connectivity index (χ1) is 12.7. The van der Waals surface area contributed by atoms with Crippen LogP contribution in [-0.4, -0.2) is 12.6 Å². The number of halogens is 2. The topological polar surface area (TPSA) is 45.0 Å². The average Bonchev–Trinajstić information content (AvgIpc) is 2.64. The summed E-state index contributed by atoms with van der Waals surface area (Å²) in [6.45, 7) is 0.718. The zero-order valence-electron chi connectivity index (χ0n) is 14.3. The smallest absolute Gasteiger partial charge is 0.154 e. The molecule has 5 unspecified atom stereocenters. The summed E-state index contributed by atoms with van der Waals surface area (Å²) in [5.74, 6) is -1.37. The molecule has 0 aromatic heterocycles. The molecule has 0 radical (unpaired) electrons. The van der Waals surface area contributed by atoms with Crippen LogP contribution < -0.4 is 5.32 Å². The Morgan fingerprint density at radius 2 is 2.19 bits per heavy atom. The molecule has 2 bridgehead atoms. The highest BCUT2D eigenvalue weighted by atomic mass is 19.2. The predicted molar refractivity (Wildman–Crippen MR) is 93.5 cm³/mol. The second kappa shape index (κ2) is 5.92. The van der Waals surface area contributed by atoms with Crippen LogP contribution in [0.2, 0.25) is 0 Å². The molecule has 1 N–H and O–H groups in total. The minimum absolute atomic E-state index is 0.00985. The fourth-order valence-corrected chi connectivity index (χ4v) is 5.22. The molecule has 1 saturated carbocycles. The number of nitrogens with zero attached hydrogens (tertiary/aromatic N) is 1. The first-order valence-electron chi connectivity index (χ1n) is 9.31. The van der Waals surface area contributed by atoms with Crippen molar-refractivity contribution in [3.8, 4) is 6.07 Å². The number of rotatable bonds is 2. The maximum atomic E-state index is 14.2. The van der Waals surface area contributed by atoms with Crippen molar-refractivity contribution in [1.82, 2.24) is 0 Å². The Kier molecular flexibility index (Phi) is 3.65. The Hall–Kier alpha value is -2.19. The molecule has 1 aromatic rings.